The van der Waals surface area contributed by atoms with E-state index in [2.05, 4.69) is 11.0 Å². The summed E-state index contributed by atoms with van der Waals surface area (Å²) in [6, 6.07) is 12.2. The summed E-state index contributed by atoms with van der Waals surface area (Å²) in [5.74, 6) is 0.791. The first-order valence-corrected chi connectivity index (χ1v) is 8.75. The molecule has 4 nitrogen and oxygen atoms in total. The van der Waals surface area contributed by atoms with Gasteiger partial charge in [-0.2, -0.15) is 0 Å². The highest BCUT2D eigenvalue weighted by atomic mass is 16.5. The van der Waals surface area contributed by atoms with E-state index in [-0.39, 0.29) is 12.0 Å². The summed E-state index contributed by atoms with van der Waals surface area (Å²) < 4.78 is 5.86. The number of nitrogens with zero attached hydrogens (tertiary/aromatic N) is 2. The number of rotatable bonds is 3. The van der Waals surface area contributed by atoms with Crippen LogP contribution in [0, 0.1) is 5.92 Å². The molecule has 1 saturated heterocycles. The molecule has 0 aromatic heterocycles. The third-order valence-corrected chi connectivity index (χ3v) is 5.14. The highest BCUT2D eigenvalue weighted by Gasteiger charge is 2.36. The van der Waals surface area contributed by atoms with Crippen molar-refractivity contribution >= 4 is 22.4 Å². The van der Waals surface area contributed by atoms with Crippen LogP contribution in [0.3, 0.4) is 0 Å². The molecule has 2 aliphatic rings. The van der Waals surface area contributed by atoms with E-state index in [9.17, 15) is 4.79 Å². The van der Waals surface area contributed by atoms with Crippen LogP contribution in [-0.4, -0.2) is 50.7 Å². The second-order valence-electron chi connectivity index (χ2n) is 7.07. The Hall–Kier alpha value is -2.07. The monoisotopic (exact) mass is 324 g/mol. The lowest BCUT2D eigenvalue weighted by molar-refractivity contribution is -0.0313. The Labute approximate surface area is 143 Å². The van der Waals surface area contributed by atoms with Crippen LogP contribution >= 0.6 is 0 Å². The molecule has 1 aliphatic heterocycles. The number of morpholine rings is 1. The quantitative estimate of drug-likeness (QED) is 0.869. The molecule has 126 valence electrons. The topological polar surface area (TPSA) is 32.8 Å². The van der Waals surface area contributed by atoms with Gasteiger partial charge in [-0.25, -0.2) is 0 Å². The van der Waals surface area contributed by atoms with Crippen LogP contribution in [0.25, 0.3) is 10.8 Å². The fraction of sp³-hybridized carbons (Fsp3) is 0.450. The van der Waals surface area contributed by atoms with Crippen molar-refractivity contribution in [1.29, 1.82) is 0 Å². The van der Waals surface area contributed by atoms with Crippen LogP contribution in [0.4, 0.5) is 5.69 Å². The van der Waals surface area contributed by atoms with Crippen molar-refractivity contribution in [2.75, 3.05) is 38.7 Å². The van der Waals surface area contributed by atoms with Crippen molar-refractivity contribution in [3.8, 4) is 0 Å². The largest absolute Gasteiger partial charge is 0.377 e. The maximum Gasteiger partial charge on any atom is 0.254 e. The number of carbonyl (C=O) groups is 1. The van der Waals surface area contributed by atoms with E-state index in [0.29, 0.717) is 19.1 Å². The summed E-state index contributed by atoms with van der Waals surface area (Å²) >= 11 is 0. The molecule has 1 saturated carbocycles. The zero-order valence-electron chi connectivity index (χ0n) is 14.4. The van der Waals surface area contributed by atoms with Crippen molar-refractivity contribution in [3.05, 3.63) is 42.0 Å². The van der Waals surface area contributed by atoms with Gasteiger partial charge >= 0.3 is 0 Å². The first kappa shape index (κ1) is 15.5. The maximum atomic E-state index is 13.1. The second kappa shape index (κ2) is 6.10. The summed E-state index contributed by atoms with van der Waals surface area (Å²) in [7, 11) is 4.07. The van der Waals surface area contributed by atoms with Gasteiger partial charge in [-0.3, -0.25) is 4.79 Å². The number of amides is 1. The third kappa shape index (κ3) is 2.75. The molecule has 4 rings (SSSR count). The van der Waals surface area contributed by atoms with Crippen LogP contribution in [0.2, 0.25) is 0 Å². The third-order valence-electron chi connectivity index (χ3n) is 5.14. The highest BCUT2D eigenvalue weighted by Crippen LogP contribution is 2.36. The van der Waals surface area contributed by atoms with Gasteiger partial charge in [0.25, 0.3) is 5.91 Å². The molecule has 1 aliphatic carbocycles. The highest BCUT2D eigenvalue weighted by molar-refractivity contribution is 6.10. The van der Waals surface area contributed by atoms with E-state index < -0.39 is 0 Å². The number of hydrogen-bond acceptors (Lipinski definition) is 3. The number of benzene rings is 2. The number of anilines is 1. The number of hydrogen-bond donors (Lipinski definition) is 0. The normalized spacial score (nSPS) is 21.1. The summed E-state index contributed by atoms with van der Waals surface area (Å²) in [5.41, 5.74) is 1.94. The zero-order chi connectivity index (χ0) is 16.7. The Bertz CT molecular complexity index is 767. The molecule has 1 heterocycles. The van der Waals surface area contributed by atoms with Crippen molar-refractivity contribution in [1.82, 2.24) is 4.90 Å². The van der Waals surface area contributed by atoms with Gasteiger partial charge < -0.3 is 14.5 Å². The van der Waals surface area contributed by atoms with Crippen LogP contribution < -0.4 is 4.90 Å². The molecule has 1 amide bonds. The lowest BCUT2D eigenvalue weighted by atomic mass is 10.0. The predicted molar refractivity (Wildman–Crippen MR) is 96.6 cm³/mol. The van der Waals surface area contributed by atoms with Crippen LogP contribution in [0.5, 0.6) is 0 Å². The van der Waals surface area contributed by atoms with Gasteiger partial charge in [-0.1, -0.05) is 24.3 Å². The molecule has 0 spiro atoms. The minimum atomic E-state index is 0.130. The van der Waals surface area contributed by atoms with E-state index in [1.165, 1.54) is 12.8 Å². The molecule has 2 aromatic rings. The fourth-order valence-corrected chi connectivity index (χ4v) is 3.64. The molecule has 0 N–H and O–H groups in total. The first-order valence-electron chi connectivity index (χ1n) is 8.75. The van der Waals surface area contributed by atoms with Gasteiger partial charge in [0.2, 0.25) is 0 Å². The zero-order valence-corrected chi connectivity index (χ0v) is 14.4. The molecule has 2 aromatic carbocycles. The van der Waals surface area contributed by atoms with Crippen molar-refractivity contribution in [2.45, 2.75) is 18.9 Å². The fourth-order valence-electron chi connectivity index (χ4n) is 3.64. The van der Waals surface area contributed by atoms with Crippen LogP contribution in [0.1, 0.15) is 23.2 Å². The van der Waals surface area contributed by atoms with Crippen LogP contribution in [-0.2, 0) is 4.74 Å². The molecule has 4 heteroatoms. The van der Waals surface area contributed by atoms with Crippen molar-refractivity contribution in [3.63, 3.8) is 0 Å². The lowest BCUT2D eigenvalue weighted by Gasteiger charge is -2.33. The SMILES string of the molecule is CN(C)c1ccc(C(=O)N2CCOC(C3CC3)C2)c2ccccc12. The summed E-state index contributed by atoms with van der Waals surface area (Å²) in [6.07, 6.45) is 2.72. The Kier molecular flexibility index (Phi) is 3.93. The maximum absolute atomic E-state index is 13.1. The first-order chi connectivity index (χ1) is 11.6. The van der Waals surface area contributed by atoms with E-state index in [1.54, 1.807) is 0 Å². The lowest BCUT2D eigenvalue weighted by Crippen LogP contribution is -2.46. The van der Waals surface area contributed by atoms with Crippen molar-refractivity contribution < 1.29 is 9.53 Å². The summed E-state index contributed by atoms with van der Waals surface area (Å²) in [6.45, 7) is 2.07. The smallest absolute Gasteiger partial charge is 0.254 e. The average Bonchev–Trinajstić information content (AvgIpc) is 3.45. The van der Waals surface area contributed by atoms with Crippen LogP contribution in [0.15, 0.2) is 36.4 Å². The molecular weight excluding hydrogens is 300 g/mol. The van der Waals surface area contributed by atoms with Gasteiger partial charge in [0, 0.05) is 43.8 Å². The predicted octanol–water partition coefficient (Wildman–Crippen LogP) is 3.16. The number of carbonyl (C=O) groups excluding carboxylic acids is 1. The molecule has 2 fully saturated rings. The molecule has 1 atom stereocenters. The van der Waals surface area contributed by atoms with E-state index in [1.807, 2.05) is 49.3 Å². The van der Waals surface area contributed by atoms with Gasteiger partial charge in [-0.15, -0.1) is 0 Å². The standard InChI is InChI=1S/C20H24N2O2/c1-21(2)18-10-9-17(15-5-3-4-6-16(15)18)20(23)22-11-12-24-19(13-22)14-7-8-14/h3-6,9-10,14,19H,7-8,11-13H2,1-2H3. The molecule has 0 radical (unpaired) electrons. The Balaban J connectivity index is 1.68. The molecule has 1 unspecified atom stereocenters. The van der Waals surface area contributed by atoms with E-state index in [4.69, 9.17) is 4.74 Å². The Morgan fingerprint density at radius 1 is 1.12 bits per heavy atom. The van der Waals surface area contributed by atoms with E-state index >= 15 is 0 Å². The Morgan fingerprint density at radius 2 is 1.88 bits per heavy atom. The number of ether oxygens (including phenoxy) is 1. The van der Waals surface area contributed by atoms with Gasteiger partial charge in [0.1, 0.15) is 0 Å². The Morgan fingerprint density at radius 3 is 2.58 bits per heavy atom. The van der Waals surface area contributed by atoms with Crippen molar-refractivity contribution in [2.24, 2.45) is 5.92 Å². The van der Waals surface area contributed by atoms with Gasteiger partial charge in [0.05, 0.1) is 12.7 Å². The van der Waals surface area contributed by atoms with Gasteiger partial charge in [-0.05, 0) is 36.3 Å². The average molecular weight is 324 g/mol. The molecule has 0 bridgehead atoms. The second-order valence-corrected chi connectivity index (χ2v) is 7.07. The molecule has 24 heavy (non-hydrogen) atoms. The molecular formula is C20H24N2O2. The summed E-state index contributed by atoms with van der Waals surface area (Å²) in [5, 5.41) is 2.16. The van der Waals surface area contributed by atoms with E-state index in [0.717, 1.165) is 28.6 Å². The minimum absolute atomic E-state index is 0.130. The van der Waals surface area contributed by atoms with Gasteiger partial charge in [0.15, 0.2) is 0 Å². The number of fused-ring (bicyclic) bond motifs is 1. The summed E-state index contributed by atoms with van der Waals surface area (Å²) in [4.78, 5) is 17.2. The minimum Gasteiger partial charge on any atom is -0.377 e.